The van der Waals surface area contributed by atoms with Gasteiger partial charge in [0.15, 0.2) is 5.78 Å². The van der Waals surface area contributed by atoms with Crippen LogP contribution in [-0.2, 0) is 38.2 Å². The van der Waals surface area contributed by atoms with Crippen molar-refractivity contribution in [3.05, 3.63) is 58.5 Å². The number of benzene rings is 1. The van der Waals surface area contributed by atoms with Gasteiger partial charge in [0.05, 0.1) is 6.54 Å². The largest absolute Gasteiger partial charge is 0.507 e. The second kappa shape index (κ2) is 13.0. The van der Waals surface area contributed by atoms with Crippen LogP contribution in [0.1, 0.15) is 96.6 Å². The summed E-state index contributed by atoms with van der Waals surface area (Å²) in [6.45, 7) is 17.1. The Labute approximate surface area is 231 Å². The summed E-state index contributed by atoms with van der Waals surface area (Å²) >= 11 is 0. The average molecular weight is 542 g/mol. The highest BCUT2D eigenvalue weighted by atomic mass is 16.7. The molecule has 214 valence electrons. The molecular weight excluding hydrogens is 498 g/mol. The van der Waals surface area contributed by atoms with E-state index in [0.29, 0.717) is 23.2 Å². The minimum Gasteiger partial charge on any atom is -0.507 e. The lowest BCUT2D eigenvalue weighted by Crippen LogP contribution is -2.30. The molecule has 0 spiro atoms. The van der Waals surface area contributed by atoms with Crippen LogP contribution in [0.25, 0.3) is 0 Å². The third kappa shape index (κ3) is 8.70. The Kier molecular flexibility index (Phi) is 10.5. The monoisotopic (exact) mass is 541 g/mol. The molecule has 2 rings (SSSR count). The number of phenols is 1. The quantitative estimate of drug-likeness (QED) is 0.186. The maximum absolute atomic E-state index is 13.6. The number of phenolic OH excluding ortho intramolecular Hbond substituents is 1. The van der Waals surface area contributed by atoms with Crippen LogP contribution in [0.2, 0.25) is 0 Å². The molecule has 0 aliphatic heterocycles. The standard InChI is InChI=1S/C30H43N3O6/c1-10-21(11-2)12-13-32-14-15-33(27(32)31-28(37)39-19-38-20(3)34)18-25(35)22-16-23(29(4,5)6)26(36)24(17-22)30(7,8)9/h12,14-17,36H,10-11,13,18-19H2,1-9H3/b31-27+. The summed E-state index contributed by atoms with van der Waals surface area (Å²) in [5, 5.41) is 11.0. The minimum atomic E-state index is -0.942. The van der Waals surface area contributed by atoms with Crippen LogP contribution in [0.3, 0.4) is 0 Å². The average Bonchev–Trinajstić information content (AvgIpc) is 3.18. The molecule has 0 saturated heterocycles. The zero-order valence-electron chi connectivity index (χ0n) is 24.8. The molecule has 1 amide bonds. The molecule has 0 aliphatic rings. The van der Waals surface area contributed by atoms with Crippen molar-refractivity contribution in [1.29, 1.82) is 0 Å². The van der Waals surface area contributed by atoms with E-state index in [9.17, 15) is 19.5 Å². The van der Waals surface area contributed by atoms with Crippen LogP contribution >= 0.6 is 0 Å². The van der Waals surface area contributed by atoms with E-state index in [4.69, 9.17) is 4.74 Å². The second-order valence-corrected chi connectivity index (χ2v) is 11.6. The number of nitrogens with zero attached hydrogens (tertiary/aromatic N) is 3. The Morgan fingerprint density at radius 3 is 1.95 bits per heavy atom. The zero-order valence-corrected chi connectivity index (χ0v) is 24.8. The molecule has 9 heteroatoms. The summed E-state index contributed by atoms with van der Waals surface area (Å²) in [5.41, 5.74) is 2.56. The number of carbonyl (C=O) groups excluding carboxylic acids is 3. The molecule has 1 N–H and O–H groups in total. The first-order chi connectivity index (χ1) is 18.1. The number of allylic oxidation sites excluding steroid dienone is 2. The van der Waals surface area contributed by atoms with Gasteiger partial charge in [-0.15, -0.1) is 4.99 Å². The second-order valence-electron chi connectivity index (χ2n) is 11.6. The highest BCUT2D eigenvalue weighted by Crippen LogP contribution is 2.39. The first-order valence-electron chi connectivity index (χ1n) is 13.3. The van der Waals surface area contributed by atoms with Crippen molar-refractivity contribution >= 4 is 17.8 Å². The Morgan fingerprint density at radius 2 is 1.46 bits per heavy atom. The number of ketones is 1. The fourth-order valence-corrected chi connectivity index (χ4v) is 4.08. The van der Waals surface area contributed by atoms with Crippen molar-refractivity contribution in [2.45, 2.75) is 99.1 Å². The van der Waals surface area contributed by atoms with Crippen LogP contribution in [-0.4, -0.2) is 38.9 Å². The molecule has 9 nitrogen and oxygen atoms in total. The lowest BCUT2D eigenvalue weighted by Gasteiger charge is -2.28. The summed E-state index contributed by atoms with van der Waals surface area (Å²) in [6.07, 6.45) is 6.38. The molecule has 1 aromatic carbocycles. The molecule has 1 heterocycles. The molecular formula is C30H43N3O6. The summed E-state index contributed by atoms with van der Waals surface area (Å²) in [5.74, 6) is -0.579. The number of hydrogen-bond donors (Lipinski definition) is 1. The third-order valence-corrected chi connectivity index (χ3v) is 6.42. The van der Waals surface area contributed by atoms with Gasteiger partial charge in [-0.25, -0.2) is 4.79 Å². The van der Waals surface area contributed by atoms with Gasteiger partial charge in [0.25, 0.3) is 0 Å². The van der Waals surface area contributed by atoms with Gasteiger partial charge in [-0.1, -0.05) is 67.0 Å². The molecule has 39 heavy (non-hydrogen) atoms. The van der Waals surface area contributed by atoms with Gasteiger partial charge < -0.3 is 23.7 Å². The summed E-state index contributed by atoms with van der Waals surface area (Å²) < 4.78 is 12.9. The number of amides is 1. The van der Waals surface area contributed by atoms with Crippen molar-refractivity contribution in [3.8, 4) is 5.75 Å². The minimum absolute atomic E-state index is 0.0842. The molecule has 2 aromatic rings. The number of Topliss-reactive ketones (excluding diaryl/α,β-unsaturated/α-hetero) is 1. The third-order valence-electron chi connectivity index (χ3n) is 6.42. The number of aromatic hydroxyl groups is 1. The van der Waals surface area contributed by atoms with Gasteiger partial charge in [0.2, 0.25) is 12.4 Å². The van der Waals surface area contributed by atoms with Gasteiger partial charge >= 0.3 is 12.1 Å². The van der Waals surface area contributed by atoms with Crippen LogP contribution < -0.4 is 5.62 Å². The lowest BCUT2D eigenvalue weighted by molar-refractivity contribution is -0.148. The van der Waals surface area contributed by atoms with Crippen molar-refractivity contribution in [2.75, 3.05) is 6.79 Å². The summed E-state index contributed by atoms with van der Waals surface area (Å²) in [6, 6.07) is 3.48. The summed E-state index contributed by atoms with van der Waals surface area (Å²) in [4.78, 5) is 41.1. The van der Waals surface area contributed by atoms with E-state index in [-0.39, 0.29) is 34.5 Å². The predicted molar refractivity (Wildman–Crippen MR) is 150 cm³/mol. The molecule has 0 radical (unpaired) electrons. The number of hydrogen-bond acceptors (Lipinski definition) is 6. The number of imidazole rings is 1. The highest BCUT2D eigenvalue weighted by molar-refractivity contribution is 5.96. The van der Waals surface area contributed by atoms with E-state index in [1.54, 1.807) is 33.7 Å². The molecule has 0 saturated carbocycles. The smallest absolute Gasteiger partial charge is 0.439 e. The van der Waals surface area contributed by atoms with E-state index >= 15 is 0 Å². The van der Waals surface area contributed by atoms with E-state index in [2.05, 4.69) is 29.7 Å². The Morgan fingerprint density at radius 1 is 0.923 bits per heavy atom. The molecule has 0 aliphatic carbocycles. The molecule has 0 atom stereocenters. The van der Waals surface area contributed by atoms with Crippen LogP contribution in [0.15, 0.2) is 41.2 Å². The maximum Gasteiger partial charge on any atom is 0.439 e. The van der Waals surface area contributed by atoms with Gasteiger partial charge in [-0.3, -0.25) is 9.59 Å². The molecule has 0 unspecified atom stereocenters. The molecule has 0 bridgehead atoms. The van der Waals surface area contributed by atoms with E-state index < -0.39 is 18.9 Å². The number of ether oxygens (including phenoxy) is 2. The zero-order chi connectivity index (χ0) is 29.5. The molecule has 0 fully saturated rings. The maximum atomic E-state index is 13.6. The highest BCUT2D eigenvalue weighted by Gasteiger charge is 2.28. The van der Waals surface area contributed by atoms with Crippen molar-refractivity contribution in [2.24, 2.45) is 4.99 Å². The Hall–Kier alpha value is -3.62. The topological polar surface area (TPSA) is 112 Å². The normalized spacial score (nSPS) is 12.3. The van der Waals surface area contributed by atoms with Crippen LogP contribution in [0.4, 0.5) is 4.79 Å². The van der Waals surface area contributed by atoms with Crippen molar-refractivity contribution in [1.82, 2.24) is 9.13 Å². The Balaban J connectivity index is 2.54. The number of esters is 1. The number of carbonyl (C=O) groups is 3. The SMILES string of the molecule is CCC(=CCn1ccn(CC(=O)c2cc(C(C)(C)C)c(O)c(C(C)(C)C)c2)/c1=N/C(=O)OCOC(C)=O)CC. The van der Waals surface area contributed by atoms with Gasteiger partial charge in [-0.05, 0) is 35.8 Å². The fourth-order valence-electron chi connectivity index (χ4n) is 4.08. The van der Waals surface area contributed by atoms with Gasteiger partial charge in [-0.2, -0.15) is 0 Å². The van der Waals surface area contributed by atoms with Crippen molar-refractivity contribution in [3.63, 3.8) is 0 Å². The van der Waals surface area contributed by atoms with Crippen LogP contribution in [0, 0.1) is 0 Å². The van der Waals surface area contributed by atoms with Gasteiger partial charge in [0, 0.05) is 42.6 Å². The first kappa shape index (κ1) is 31.6. The fraction of sp³-hybridized carbons (Fsp3) is 0.533. The lowest BCUT2D eigenvalue weighted by atomic mass is 9.78. The number of aromatic nitrogens is 2. The van der Waals surface area contributed by atoms with Gasteiger partial charge in [0.1, 0.15) is 5.75 Å². The van der Waals surface area contributed by atoms with Crippen molar-refractivity contribution < 1.29 is 29.0 Å². The number of rotatable bonds is 9. The van der Waals surface area contributed by atoms with E-state index in [1.165, 1.54) is 12.5 Å². The summed E-state index contributed by atoms with van der Waals surface area (Å²) in [7, 11) is 0. The Bertz CT molecular complexity index is 1260. The predicted octanol–water partition coefficient (Wildman–Crippen LogP) is 5.78. The van der Waals surface area contributed by atoms with Crippen LogP contribution in [0.5, 0.6) is 5.75 Å². The molecule has 1 aromatic heterocycles. The first-order valence-corrected chi connectivity index (χ1v) is 13.3. The van der Waals surface area contributed by atoms with E-state index in [0.717, 1.165) is 12.8 Å². The van der Waals surface area contributed by atoms with E-state index in [1.807, 2.05) is 41.5 Å².